The lowest BCUT2D eigenvalue weighted by molar-refractivity contribution is -0.144. The molecule has 0 radical (unpaired) electrons. The first-order valence-corrected chi connectivity index (χ1v) is 8.51. The van der Waals surface area contributed by atoms with Crippen molar-refractivity contribution < 1.29 is 14.3 Å². The van der Waals surface area contributed by atoms with Gasteiger partial charge in [-0.1, -0.05) is 0 Å². The summed E-state index contributed by atoms with van der Waals surface area (Å²) in [7, 11) is 0. The number of amides is 1. The molecular weight excluding hydrogens is 266 g/mol. The van der Waals surface area contributed by atoms with Crippen LogP contribution in [0.2, 0.25) is 0 Å². The minimum atomic E-state index is -0.276. The van der Waals surface area contributed by atoms with E-state index in [0.717, 1.165) is 24.3 Å². The van der Waals surface area contributed by atoms with E-state index in [1.54, 1.807) is 6.92 Å². The topological polar surface area (TPSA) is 55.4 Å². The number of ether oxygens (including phenoxy) is 1. The van der Waals surface area contributed by atoms with Crippen molar-refractivity contribution in [2.24, 2.45) is 23.2 Å². The predicted molar refractivity (Wildman–Crippen MR) is 79.5 cm³/mol. The highest BCUT2D eigenvalue weighted by Crippen LogP contribution is 2.59. The third-order valence-electron chi connectivity index (χ3n) is 5.69. The van der Waals surface area contributed by atoms with Gasteiger partial charge >= 0.3 is 5.97 Å². The number of esters is 1. The van der Waals surface area contributed by atoms with Crippen molar-refractivity contribution in [3.8, 4) is 0 Å². The summed E-state index contributed by atoms with van der Waals surface area (Å²) in [5.41, 5.74) is 0.369. The number of carbonyl (C=O) groups excluding carboxylic acids is 2. The van der Waals surface area contributed by atoms with Crippen LogP contribution < -0.4 is 5.32 Å². The van der Waals surface area contributed by atoms with Crippen molar-refractivity contribution in [1.29, 1.82) is 0 Å². The summed E-state index contributed by atoms with van der Waals surface area (Å²) in [5, 5.41) is 3.09. The molecule has 4 nitrogen and oxygen atoms in total. The third kappa shape index (κ3) is 3.41. The van der Waals surface area contributed by atoms with Crippen LogP contribution in [0.25, 0.3) is 0 Å². The Morgan fingerprint density at radius 2 is 1.62 bits per heavy atom. The van der Waals surface area contributed by atoms with Crippen molar-refractivity contribution >= 4 is 11.9 Å². The highest BCUT2D eigenvalue weighted by Gasteiger charge is 2.50. The maximum Gasteiger partial charge on any atom is 0.306 e. The molecule has 0 aliphatic heterocycles. The summed E-state index contributed by atoms with van der Waals surface area (Å²) in [5.74, 6) is 2.45. The molecule has 4 heteroatoms. The molecule has 4 fully saturated rings. The molecule has 0 aromatic rings. The summed E-state index contributed by atoms with van der Waals surface area (Å²) in [4.78, 5) is 23.2. The molecule has 0 unspecified atom stereocenters. The summed E-state index contributed by atoms with van der Waals surface area (Å²) >= 11 is 0. The van der Waals surface area contributed by atoms with E-state index in [1.807, 2.05) is 0 Å². The second kappa shape index (κ2) is 5.98. The highest BCUT2D eigenvalue weighted by molar-refractivity contribution is 5.81. The van der Waals surface area contributed by atoms with Gasteiger partial charge in [-0.3, -0.25) is 9.59 Å². The molecule has 21 heavy (non-hydrogen) atoms. The third-order valence-corrected chi connectivity index (χ3v) is 5.69. The fraction of sp³-hybridized carbons (Fsp3) is 0.882. The average molecular weight is 293 g/mol. The number of rotatable bonds is 6. The summed E-state index contributed by atoms with van der Waals surface area (Å²) in [6.45, 7) is 2.98. The van der Waals surface area contributed by atoms with E-state index in [-0.39, 0.29) is 24.7 Å². The van der Waals surface area contributed by atoms with E-state index in [1.165, 1.54) is 38.5 Å². The Hall–Kier alpha value is -1.06. The molecule has 4 bridgehead atoms. The zero-order chi connectivity index (χ0) is 14.9. The van der Waals surface area contributed by atoms with Crippen molar-refractivity contribution in [2.75, 3.05) is 13.2 Å². The molecule has 0 aromatic heterocycles. The first-order valence-electron chi connectivity index (χ1n) is 8.51. The number of hydrogen-bond acceptors (Lipinski definition) is 3. The number of nitrogens with one attached hydrogen (secondary N) is 1. The molecule has 4 rings (SSSR count). The largest absolute Gasteiger partial charge is 0.466 e. The van der Waals surface area contributed by atoms with E-state index < -0.39 is 0 Å². The summed E-state index contributed by atoms with van der Waals surface area (Å²) < 4.78 is 4.85. The zero-order valence-electron chi connectivity index (χ0n) is 13.0. The minimum absolute atomic E-state index is 0.00111. The van der Waals surface area contributed by atoms with Crippen LogP contribution in [0, 0.1) is 23.2 Å². The Morgan fingerprint density at radius 3 is 2.14 bits per heavy atom. The van der Waals surface area contributed by atoms with Gasteiger partial charge in [0.15, 0.2) is 0 Å². The SMILES string of the molecule is CCOC(=O)CCC(=O)NCC12CC3CC(CC(C3)C1)C2. The number of hydrogen-bond donors (Lipinski definition) is 1. The van der Waals surface area contributed by atoms with Gasteiger partial charge in [0.2, 0.25) is 5.91 Å². The normalized spacial score (nSPS) is 36.5. The predicted octanol–water partition coefficient (Wildman–Crippen LogP) is 2.66. The second-order valence-corrected chi connectivity index (χ2v) is 7.50. The fourth-order valence-electron chi connectivity index (χ4n) is 5.33. The molecule has 0 aromatic carbocycles. The van der Waals surface area contributed by atoms with Crippen LogP contribution in [0.1, 0.15) is 58.3 Å². The van der Waals surface area contributed by atoms with Crippen LogP contribution >= 0.6 is 0 Å². The van der Waals surface area contributed by atoms with Gasteiger partial charge < -0.3 is 10.1 Å². The van der Waals surface area contributed by atoms with Gasteiger partial charge in [-0.15, -0.1) is 0 Å². The lowest BCUT2D eigenvalue weighted by atomic mass is 9.49. The van der Waals surface area contributed by atoms with Gasteiger partial charge in [-0.2, -0.15) is 0 Å². The van der Waals surface area contributed by atoms with Gasteiger partial charge in [0.25, 0.3) is 0 Å². The molecule has 0 spiro atoms. The van der Waals surface area contributed by atoms with Crippen molar-refractivity contribution in [2.45, 2.75) is 58.3 Å². The maximum absolute atomic E-state index is 11.9. The van der Waals surface area contributed by atoms with Crippen LogP contribution in [0.4, 0.5) is 0 Å². The Bertz CT molecular complexity index is 383. The van der Waals surface area contributed by atoms with E-state index in [9.17, 15) is 9.59 Å². The van der Waals surface area contributed by atoms with Crippen molar-refractivity contribution in [1.82, 2.24) is 5.32 Å². The van der Waals surface area contributed by atoms with Gasteiger partial charge in [0.1, 0.15) is 0 Å². The summed E-state index contributed by atoms with van der Waals surface area (Å²) in [6, 6.07) is 0. The first-order chi connectivity index (χ1) is 10.1. The van der Waals surface area contributed by atoms with Gasteiger partial charge in [0, 0.05) is 13.0 Å². The first kappa shape index (κ1) is 14.9. The molecule has 0 heterocycles. The maximum atomic E-state index is 11.9. The highest BCUT2D eigenvalue weighted by atomic mass is 16.5. The lowest BCUT2D eigenvalue weighted by Crippen LogP contribution is -2.51. The van der Waals surface area contributed by atoms with E-state index >= 15 is 0 Å². The van der Waals surface area contributed by atoms with E-state index in [0.29, 0.717) is 12.0 Å². The minimum Gasteiger partial charge on any atom is -0.466 e. The quantitative estimate of drug-likeness (QED) is 0.766. The molecule has 4 saturated carbocycles. The second-order valence-electron chi connectivity index (χ2n) is 7.50. The molecular formula is C17H27NO3. The molecule has 1 amide bonds. The molecule has 4 aliphatic carbocycles. The van der Waals surface area contributed by atoms with Gasteiger partial charge in [-0.25, -0.2) is 0 Å². The smallest absolute Gasteiger partial charge is 0.306 e. The number of carbonyl (C=O) groups is 2. The molecule has 0 atom stereocenters. The standard InChI is InChI=1S/C17H27NO3/c1-2-21-16(20)4-3-15(19)18-11-17-8-12-5-13(9-17)7-14(6-12)10-17/h12-14H,2-11H2,1H3,(H,18,19). The Labute approximate surface area is 127 Å². The van der Waals surface area contributed by atoms with Crippen molar-refractivity contribution in [3.05, 3.63) is 0 Å². The van der Waals surface area contributed by atoms with Crippen LogP contribution in [0.3, 0.4) is 0 Å². The van der Waals surface area contributed by atoms with Gasteiger partial charge in [0.05, 0.1) is 13.0 Å². The lowest BCUT2D eigenvalue weighted by Gasteiger charge is -2.56. The zero-order valence-corrected chi connectivity index (χ0v) is 13.0. The van der Waals surface area contributed by atoms with Crippen LogP contribution in [-0.2, 0) is 14.3 Å². The summed E-state index contributed by atoms with van der Waals surface area (Å²) in [6.07, 6.45) is 8.64. The van der Waals surface area contributed by atoms with Crippen LogP contribution in [0.15, 0.2) is 0 Å². The molecule has 118 valence electrons. The van der Waals surface area contributed by atoms with E-state index in [4.69, 9.17) is 4.74 Å². The van der Waals surface area contributed by atoms with Gasteiger partial charge in [-0.05, 0) is 68.6 Å². The molecule has 1 N–H and O–H groups in total. The average Bonchev–Trinajstić information content (AvgIpc) is 2.42. The monoisotopic (exact) mass is 293 g/mol. The van der Waals surface area contributed by atoms with Crippen LogP contribution in [-0.4, -0.2) is 25.0 Å². The Balaban J connectivity index is 1.44. The Kier molecular flexibility index (Phi) is 4.23. The Morgan fingerprint density at radius 1 is 1.05 bits per heavy atom. The van der Waals surface area contributed by atoms with E-state index in [2.05, 4.69) is 5.32 Å². The van der Waals surface area contributed by atoms with Crippen LogP contribution in [0.5, 0.6) is 0 Å². The fourth-order valence-corrected chi connectivity index (χ4v) is 5.33. The molecule has 0 saturated heterocycles. The van der Waals surface area contributed by atoms with Crippen molar-refractivity contribution in [3.63, 3.8) is 0 Å². The molecule has 4 aliphatic rings.